The third-order valence-electron chi connectivity index (χ3n) is 12.0. The average Bonchev–Trinajstić information content (AvgIpc) is 3.16. The highest BCUT2D eigenvalue weighted by molar-refractivity contribution is 6.29. The van der Waals surface area contributed by atoms with E-state index in [4.69, 9.17) is 0 Å². The molecule has 0 bridgehead atoms. The summed E-state index contributed by atoms with van der Waals surface area (Å²) in [5, 5.41) is 7.92. The first-order chi connectivity index (χ1) is 25.9. The fourth-order valence-corrected chi connectivity index (χ4v) is 8.63. The zero-order valence-electron chi connectivity index (χ0n) is 33.6. The van der Waals surface area contributed by atoms with Crippen LogP contribution in [0.4, 0.5) is 34.1 Å². The van der Waals surface area contributed by atoms with Crippen LogP contribution in [0.5, 0.6) is 0 Å². The molecule has 0 unspecified atom stereocenters. The lowest BCUT2D eigenvalue weighted by Gasteiger charge is -2.32. The molecule has 0 aliphatic carbocycles. The fraction of sp³-hybridized carbons (Fsp3) is 0.231. The first-order valence-electron chi connectivity index (χ1n) is 19.6. The lowest BCUT2D eigenvalue weighted by molar-refractivity contribution is 0.875. The largest absolute Gasteiger partial charge is 0.310 e. The van der Waals surface area contributed by atoms with Gasteiger partial charge in [0.2, 0.25) is 0 Å². The molecule has 0 saturated carbocycles. The van der Waals surface area contributed by atoms with Gasteiger partial charge in [0, 0.05) is 33.5 Å². The zero-order valence-corrected chi connectivity index (χ0v) is 33.6. The molecule has 0 radical (unpaired) electrons. The van der Waals surface area contributed by atoms with E-state index in [2.05, 4.69) is 200 Å². The van der Waals surface area contributed by atoms with Crippen molar-refractivity contribution in [2.24, 2.45) is 0 Å². The maximum atomic E-state index is 2.50. The van der Waals surface area contributed by atoms with Crippen LogP contribution in [0.25, 0.3) is 32.3 Å². The van der Waals surface area contributed by atoms with Gasteiger partial charge < -0.3 is 9.80 Å². The Bertz CT molecular complexity index is 2430. The topological polar surface area (TPSA) is 6.48 Å². The van der Waals surface area contributed by atoms with Gasteiger partial charge in [0.15, 0.2) is 0 Å². The number of hydrogen-bond acceptors (Lipinski definition) is 2. The smallest absolute Gasteiger partial charge is 0.0543 e. The van der Waals surface area contributed by atoms with Crippen molar-refractivity contribution in [1.29, 1.82) is 0 Å². The van der Waals surface area contributed by atoms with Crippen LogP contribution < -0.4 is 9.80 Å². The molecule has 0 heterocycles. The van der Waals surface area contributed by atoms with E-state index in [1.807, 2.05) is 0 Å². The predicted octanol–water partition coefficient (Wildman–Crippen LogP) is 15.6. The Morgan fingerprint density at radius 1 is 0.352 bits per heavy atom. The Labute approximate surface area is 322 Å². The molecule has 8 aromatic carbocycles. The van der Waals surface area contributed by atoms with Crippen molar-refractivity contribution in [3.05, 3.63) is 166 Å². The molecule has 0 fully saturated rings. The summed E-state index contributed by atoms with van der Waals surface area (Å²) in [7, 11) is 0. The molecule has 0 amide bonds. The van der Waals surface area contributed by atoms with Crippen molar-refractivity contribution >= 4 is 66.4 Å². The molecule has 2 heteroatoms. The second kappa shape index (κ2) is 13.7. The lowest BCUT2D eigenvalue weighted by Crippen LogP contribution is -2.13. The molecule has 0 atom stereocenters. The first kappa shape index (κ1) is 35.4. The van der Waals surface area contributed by atoms with Crippen molar-refractivity contribution in [3.8, 4) is 0 Å². The van der Waals surface area contributed by atoms with E-state index in [-0.39, 0.29) is 0 Å². The third kappa shape index (κ3) is 5.80. The van der Waals surface area contributed by atoms with Crippen LogP contribution in [0.15, 0.2) is 121 Å². The van der Waals surface area contributed by atoms with Crippen LogP contribution >= 0.6 is 0 Å². The number of anilines is 6. The SMILES string of the molecule is Cc1cc(N(c2ccccc2)c2cc(C(C)C)c3ccc4c(N(c5ccccc5)c5cc(C)c(C)c(C)c5)cc(C(C)C)c5ccc2c3c54)cc(C)c1C. The summed E-state index contributed by atoms with van der Waals surface area (Å²) < 4.78 is 0. The molecular weight excluding hydrogens is 653 g/mol. The molecule has 0 aliphatic rings. The molecule has 8 rings (SSSR count). The van der Waals surface area contributed by atoms with Crippen LogP contribution in [-0.4, -0.2) is 0 Å². The number of nitrogens with zero attached hydrogens (tertiary/aromatic N) is 2. The molecule has 0 saturated heterocycles. The third-order valence-corrected chi connectivity index (χ3v) is 12.0. The molecule has 54 heavy (non-hydrogen) atoms. The van der Waals surface area contributed by atoms with E-state index in [1.165, 1.54) is 99.6 Å². The Kier molecular flexibility index (Phi) is 8.97. The van der Waals surface area contributed by atoms with E-state index in [1.54, 1.807) is 0 Å². The lowest BCUT2D eigenvalue weighted by atomic mass is 9.84. The first-order valence-corrected chi connectivity index (χ1v) is 19.6. The minimum absolute atomic E-state index is 0.329. The number of aryl methyl sites for hydroxylation is 4. The number of benzene rings is 8. The molecule has 2 nitrogen and oxygen atoms in total. The van der Waals surface area contributed by atoms with Crippen molar-refractivity contribution in [3.63, 3.8) is 0 Å². The van der Waals surface area contributed by atoms with Crippen LogP contribution in [0.1, 0.15) is 84.0 Å². The second-order valence-electron chi connectivity index (χ2n) is 16.1. The highest BCUT2D eigenvalue weighted by atomic mass is 15.2. The Morgan fingerprint density at radius 2 is 0.667 bits per heavy atom. The van der Waals surface area contributed by atoms with Gasteiger partial charge in [-0.25, -0.2) is 0 Å². The summed E-state index contributed by atoms with van der Waals surface area (Å²) >= 11 is 0. The normalized spacial score (nSPS) is 11.9. The van der Waals surface area contributed by atoms with E-state index in [0.29, 0.717) is 11.8 Å². The van der Waals surface area contributed by atoms with Crippen LogP contribution in [0.2, 0.25) is 0 Å². The minimum atomic E-state index is 0.329. The van der Waals surface area contributed by atoms with E-state index in [0.717, 1.165) is 11.4 Å². The highest BCUT2D eigenvalue weighted by Gasteiger charge is 2.26. The molecular formula is C52H52N2. The van der Waals surface area contributed by atoms with E-state index >= 15 is 0 Å². The van der Waals surface area contributed by atoms with Gasteiger partial charge in [-0.3, -0.25) is 0 Å². The van der Waals surface area contributed by atoms with Crippen molar-refractivity contribution in [2.45, 2.75) is 81.1 Å². The summed E-state index contributed by atoms with van der Waals surface area (Å²) in [6, 6.07) is 45.8. The summed E-state index contributed by atoms with van der Waals surface area (Å²) in [6.45, 7) is 22.8. The minimum Gasteiger partial charge on any atom is -0.310 e. The summed E-state index contributed by atoms with van der Waals surface area (Å²) in [4.78, 5) is 4.99. The molecule has 8 aromatic rings. The van der Waals surface area contributed by atoms with Gasteiger partial charge in [-0.1, -0.05) is 88.4 Å². The van der Waals surface area contributed by atoms with Crippen LogP contribution in [0, 0.1) is 41.5 Å². The van der Waals surface area contributed by atoms with Crippen LogP contribution in [0.3, 0.4) is 0 Å². The van der Waals surface area contributed by atoms with E-state index < -0.39 is 0 Å². The van der Waals surface area contributed by atoms with Gasteiger partial charge in [0.05, 0.1) is 11.4 Å². The summed E-state index contributed by atoms with van der Waals surface area (Å²) in [5.74, 6) is 0.659. The average molecular weight is 705 g/mol. The number of rotatable bonds is 8. The van der Waals surface area contributed by atoms with Crippen LogP contribution in [-0.2, 0) is 0 Å². The summed E-state index contributed by atoms with van der Waals surface area (Å²) in [5.41, 5.74) is 17.8. The van der Waals surface area contributed by atoms with Gasteiger partial charge in [0.25, 0.3) is 0 Å². The zero-order chi connectivity index (χ0) is 38.0. The predicted molar refractivity (Wildman–Crippen MR) is 236 cm³/mol. The van der Waals surface area contributed by atoms with E-state index in [9.17, 15) is 0 Å². The Hall–Kier alpha value is -5.60. The maximum absolute atomic E-state index is 2.50. The van der Waals surface area contributed by atoms with Gasteiger partial charge in [-0.2, -0.15) is 0 Å². The quantitative estimate of drug-likeness (QED) is 0.145. The monoisotopic (exact) mass is 704 g/mol. The molecule has 270 valence electrons. The highest BCUT2D eigenvalue weighted by Crippen LogP contribution is 2.51. The Balaban J connectivity index is 1.53. The van der Waals surface area contributed by atoms with Gasteiger partial charge in [-0.05, 0) is 180 Å². The number of para-hydroxylation sites is 2. The summed E-state index contributed by atoms with van der Waals surface area (Å²) in [6.07, 6.45) is 0. The Morgan fingerprint density at radius 3 is 0.981 bits per heavy atom. The van der Waals surface area contributed by atoms with Gasteiger partial charge >= 0.3 is 0 Å². The van der Waals surface area contributed by atoms with Crippen molar-refractivity contribution in [2.75, 3.05) is 9.80 Å². The fourth-order valence-electron chi connectivity index (χ4n) is 8.63. The van der Waals surface area contributed by atoms with Crippen molar-refractivity contribution in [1.82, 2.24) is 0 Å². The molecule has 0 N–H and O–H groups in total. The van der Waals surface area contributed by atoms with Gasteiger partial charge in [-0.15, -0.1) is 0 Å². The van der Waals surface area contributed by atoms with Gasteiger partial charge in [0.1, 0.15) is 0 Å². The molecule has 0 aromatic heterocycles. The second-order valence-corrected chi connectivity index (χ2v) is 16.1. The van der Waals surface area contributed by atoms with Crippen molar-refractivity contribution < 1.29 is 0 Å². The maximum Gasteiger partial charge on any atom is 0.0543 e. The standard InChI is InChI=1S/C52H52N2/c1-31(2)47-29-49(53(39-17-13-11-14-18-39)41-25-33(5)37(9)34(6)26-41)45-24-22-44-48(32(3)4)30-50(46-23-21-43(47)51(45)52(44)46)54(40-19-15-12-16-20-40)42-27-35(7)38(10)36(8)28-42/h11-32H,1-10H3. The molecule has 0 spiro atoms. The molecule has 0 aliphatic heterocycles. The number of hydrogen-bond donors (Lipinski definition) is 0.